The molecule has 0 spiro atoms. The summed E-state index contributed by atoms with van der Waals surface area (Å²) in [5.41, 5.74) is -0.267. The summed E-state index contributed by atoms with van der Waals surface area (Å²) in [4.78, 5) is 2.00. The van der Waals surface area contributed by atoms with Crippen LogP contribution in [0.1, 0.15) is 26.7 Å². The van der Waals surface area contributed by atoms with Crippen LogP contribution in [0.2, 0.25) is 0 Å². The van der Waals surface area contributed by atoms with Crippen molar-refractivity contribution in [2.75, 3.05) is 0 Å². The smallest absolute Gasteiger partial charge is 0.125 e. The van der Waals surface area contributed by atoms with Gasteiger partial charge in [0.1, 0.15) is 11.6 Å². The fourth-order valence-corrected chi connectivity index (χ4v) is 2.34. The van der Waals surface area contributed by atoms with E-state index in [0.717, 1.165) is 12.8 Å². The number of aliphatic hydroxyl groups is 1. The Morgan fingerprint density at radius 1 is 1.75 bits per heavy atom. The van der Waals surface area contributed by atoms with E-state index in [1.54, 1.807) is 6.08 Å². The molecule has 2 aliphatic heterocycles. The van der Waals surface area contributed by atoms with Gasteiger partial charge in [0.15, 0.2) is 0 Å². The number of nitrogens with zero attached hydrogens (tertiary/aromatic N) is 1. The van der Waals surface area contributed by atoms with E-state index in [2.05, 4.69) is 6.92 Å². The molecule has 0 saturated carbocycles. The van der Waals surface area contributed by atoms with Crippen LogP contribution in [0, 0.1) is 5.41 Å². The Hall–Kier alpha value is -0.990. The van der Waals surface area contributed by atoms with Gasteiger partial charge in [-0.2, -0.15) is 0 Å². The maximum absolute atomic E-state index is 9.63. The summed E-state index contributed by atoms with van der Waals surface area (Å²) in [5.74, 6) is 0.817. The lowest BCUT2D eigenvalue weighted by atomic mass is 9.99. The van der Waals surface area contributed by atoms with Crippen molar-refractivity contribution in [1.82, 2.24) is 4.90 Å². The molecule has 1 fully saturated rings. The second-order valence-electron chi connectivity index (χ2n) is 3.95. The monoisotopic (exact) mass is 166 g/mol. The van der Waals surface area contributed by atoms with Crippen LogP contribution >= 0.6 is 0 Å². The van der Waals surface area contributed by atoms with E-state index in [-0.39, 0.29) is 5.54 Å². The molecule has 2 atom stereocenters. The first-order chi connectivity index (χ1) is 5.55. The Bertz CT molecular complexity index is 272. The number of hydrogen-bond donors (Lipinski definition) is 2. The van der Waals surface area contributed by atoms with Crippen molar-refractivity contribution in [3.8, 4) is 0 Å². The van der Waals surface area contributed by atoms with Crippen LogP contribution in [0.5, 0.6) is 0 Å². The molecule has 3 heteroatoms. The van der Waals surface area contributed by atoms with Gasteiger partial charge in [-0.05, 0) is 26.7 Å². The highest BCUT2D eigenvalue weighted by molar-refractivity contribution is 5.95. The van der Waals surface area contributed by atoms with Crippen molar-refractivity contribution >= 4 is 5.84 Å². The fraction of sp³-hybridized carbons (Fsp3) is 0.667. The van der Waals surface area contributed by atoms with Crippen molar-refractivity contribution in [3.63, 3.8) is 0 Å². The zero-order chi connectivity index (χ0) is 8.93. The second kappa shape index (κ2) is 2.03. The van der Waals surface area contributed by atoms with Crippen LogP contribution < -0.4 is 0 Å². The highest BCUT2D eigenvalue weighted by Gasteiger charge is 2.48. The minimum absolute atomic E-state index is 0.267. The van der Waals surface area contributed by atoms with Crippen LogP contribution in [-0.4, -0.2) is 27.4 Å². The molecule has 0 aromatic rings. The standard InChI is InChI=1S/C9H14N2O/c1-6-3-4-9(2)7(12)5-8(10)11(6)9/h5-6,10,12H,3-4H2,1-2H3. The minimum Gasteiger partial charge on any atom is -0.510 e. The van der Waals surface area contributed by atoms with Gasteiger partial charge >= 0.3 is 0 Å². The fourth-order valence-electron chi connectivity index (χ4n) is 2.34. The Morgan fingerprint density at radius 3 is 3.00 bits per heavy atom. The van der Waals surface area contributed by atoms with Crippen molar-refractivity contribution in [2.24, 2.45) is 0 Å². The predicted molar refractivity (Wildman–Crippen MR) is 47.4 cm³/mol. The lowest BCUT2D eigenvalue weighted by molar-refractivity contribution is 0.200. The third kappa shape index (κ3) is 0.687. The molecule has 2 heterocycles. The second-order valence-corrected chi connectivity index (χ2v) is 3.95. The zero-order valence-corrected chi connectivity index (χ0v) is 7.46. The number of rotatable bonds is 0. The van der Waals surface area contributed by atoms with Gasteiger partial charge in [0.2, 0.25) is 0 Å². The van der Waals surface area contributed by atoms with Crippen LogP contribution in [0.4, 0.5) is 0 Å². The van der Waals surface area contributed by atoms with Gasteiger partial charge in [-0.1, -0.05) is 0 Å². The summed E-state index contributed by atoms with van der Waals surface area (Å²) in [7, 11) is 0. The highest BCUT2D eigenvalue weighted by Crippen LogP contribution is 2.42. The van der Waals surface area contributed by atoms with E-state index in [4.69, 9.17) is 5.41 Å². The van der Waals surface area contributed by atoms with Crippen molar-refractivity contribution in [3.05, 3.63) is 11.8 Å². The molecule has 2 aliphatic rings. The average molecular weight is 166 g/mol. The first-order valence-electron chi connectivity index (χ1n) is 4.35. The third-order valence-corrected chi connectivity index (χ3v) is 3.11. The van der Waals surface area contributed by atoms with Crippen LogP contribution in [0.25, 0.3) is 0 Å². The quantitative estimate of drug-likeness (QED) is 0.575. The Kier molecular flexibility index (Phi) is 1.29. The molecular weight excluding hydrogens is 152 g/mol. The number of amidine groups is 1. The van der Waals surface area contributed by atoms with E-state index in [0.29, 0.717) is 17.6 Å². The molecule has 1 saturated heterocycles. The molecule has 0 radical (unpaired) electrons. The first-order valence-corrected chi connectivity index (χ1v) is 4.35. The summed E-state index contributed by atoms with van der Waals surface area (Å²) in [6.07, 6.45) is 3.59. The predicted octanol–water partition coefficient (Wildman–Crippen LogP) is 1.66. The largest absolute Gasteiger partial charge is 0.510 e. The van der Waals surface area contributed by atoms with E-state index in [1.807, 2.05) is 11.8 Å². The third-order valence-electron chi connectivity index (χ3n) is 3.11. The minimum atomic E-state index is -0.267. The average Bonchev–Trinajstić information content (AvgIpc) is 2.38. The van der Waals surface area contributed by atoms with Crippen molar-refractivity contribution < 1.29 is 5.11 Å². The molecule has 2 unspecified atom stereocenters. The number of fused-ring (bicyclic) bond motifs is 1. The van der Waals surface area contributed by atoms with Crippen LogP contribution in [-0.2, 0) is 0 Å². The Balaban J connectivity index is 2.42. The van der Waals surface area contributed by atoms with Gasteiger partial charge in [0, 0.05) is 12.1 Å². The van der Waals surface area contributed by atoms with Gasteiger partial charge in [-0.3, -0.25) is 5.41 Å². The summed E-state index contributed by atoms with van der Waals surface area (Å²) in [5, 5.41) is 17.3. The maximum atomic E-state index is 9.63. The van der Waals surface area contributed by atoms with E-state index in [9.17, 15) is 5.11 Å². The van der Waals surface area contributed by atoms with E-state index >= 15 is 0 Å². The molecule has 0 aliphatic carbocycles. The molecule has 0 aromatic carbocycles. The van der Waals surface area contributed by atoms with Crippen molar-refractivity contribution in [2.45, 2.75) is 38.3 Å². The summed E-state index contributed by atoms with van der Waals surface area (Å²) in [6.45, 7) is 4.11. The highest BCUT2D eigenvalue weighted by atomic mass is 16.3. The molecular formula is C9H14N2O. The Labute approximate surface area is 72.2 Å². The van der Waals surface area contributed by atoms with Gasteiger partial charge in [0.05, 0.1) is 5.54 Å². The molecule has 2 rings (SSSR count). The zero-order valence-electron chi connectivity index (χ0n) is 7.46. The van der Waals surface area contributed by atoms with Gasteiger partial charge in [-0.25, -0.2) is 0 Å². The normalized spacial score (nSPS) is 40.2. The van der Waals surface area contributed by atoms with Gasteiger partial charge in [-0.15, -0.1) is 0 Å². The van der Waals surface area contributed by atoms with Gasteiger partial charge < -0.3 is 10.0 Å². The SMILES string of the molecule is CC1CCC2(C)C(O)=CC(=N)N12. The molecule has 3 nitrogen and oxygen atoms in total. The number of hydrogen-bond acceptors (Lipinski definition) is 2. The lowest BCUT2D eigenvalue weighted by Crippen LogP contribution is -2.43. The van der Waals surface area contributed by atoms with E-state index in [1.165, 1.54) is 0 Å². The summed E-state index contributed by atoms with van der Waals surface area (Å²) < 4.78 is 0. The summed E-state index contributed by atoms with van der Waals surface area (Å²) >= 11 is 0. The lowest BCUT2D eigenvalue weighted by Gasteiger charge is -2.32. The van der Waals surface area contributed by atoms with Gasteiger partial charge in [0.25, 0.3) is 0 Å². The molecule has 0 amide bonds. The summed E-state index contributed by atoms with van der Waals surface area (Å²) in [6, 6.07) is 0.392. The first kappa shape index (κ1) is 7.65. The van der Waals surface area contributed by atoms with Crippen molar-refractivity contribution in [1.29, 1.82) is 5.41 Å². The maximum Gasteiger partial charge on any atom is 0.125 e. The molecule has 12 heavy (non-hydrogen) atoms. The molecule has 0 bridgehead atoms. The number of aliphatic hydroxyl groups excluding tert-OH is 1. The van der Waals surface area contributed by atoms with Crippen LogP contribution in [0.3, 0.4) is 0 Å². The van der Waals surface area contributed by atoms with E-state index < -0.39 is 0 Å². The molecule has 66 valence electrons. The van der Waals surface area contributed by atoms with Crippen LogP contribution in [0.15, 0.2) is 11.8 Å². The molecule has 2 N–H and O–H groups in total. The number of nitrogens with one attached hydrogen (secondary N) is 1. The molecule has 0 aromatic heterocycles. The Morgan fingerprint density at radius 2 is 2.42 bits per heavy atom. The topological polar surface area (TPSA) is 47.3 Å².